The van der Waals surface area contributed by atoms with Crippen LogP contribution in [0.5, 0.6) is 0 Å². The van der Waals surface area contributed by atoms with Crippen molar-refractivity contribution in [3.63, 3.8) is 0 Å². The Balaban J connectivity index is 1.93. The number of benzene rings is 1. The highest BCUT2D eigenvalue weighted by atomic mass is 35.5. The molecule has 0 aliphatic carbocycles. The third-order valence-corrected chi connectivity index (χ3v) is 4.70. The summed E-state index contributed by atoms with van der Waals surface area (Å²) in [5, 5.41) is 9.33. The van der Waals surface area contributed by atoms with Crippen LogP contribution in [0.2, 0.25) is 5.02 Å². The van der Waals surface area contributed by atoms with Gasteiger partial charge in [-0.15, -0.1) is 0 Å². The van der Waals surface area contributed by atoms with Crippen LogP contribution >= 0.6 is 11.6 Å². The molecule has 9 nitrogen and oxygen atoms in total. The summed E-state index contributed by atoms with van der Waals surface area (Å²) in [7, 11) is 0. The van der Waals surface area contributed by atoms with Gasteiger partial charge in [0.1, 0.15) is 11.4 Å². The average Bonchev–Trinajstić information content (AvgIpc) is 3.26. The predicted octanol–water partition coefficient (Wildman–Crippen LogP) is 3.42. The molecular formula is C20H20ClN7O2. The predicted molar refractivity (Wildman–Crippen MR) is 113 cm³/mol. The van der Waals surface area contributed by atoms with Crippen LogP contribution < -0.4 is 5.73 Å². The number of aryl methyl sites for hydroxylation is 2. The van der Waals surface area contributed by atoms with E-state index in [1.807, 2.05) is 26.8 Å². The highest BCUT2D eigenvalue weighted by Gasteiger charge is 2.23. The Labute approximate surface area is 177 Å². The molecular weight excluding hydrogens is 406 g/mol. The van der Waals surface area contributed by atoms with E-state index in [1.54, 1.807) is 22.9 Å². The summed E-state index contributed by atoms with van der Waals surface area (Å²) in [6.45, 7) is 6.02. The van der Waals surface area contributed by atoms with Gasteiger partial charge in [-0.2, -0.15) is 14.9 Å². The van der Waals surface area contributed by atoms with Crippen molar-refractivity contribution in [1.82, 2.24) is 29.5 Å². The maximum atomic E-state index is 12.3. The fraction of sp³-hybridized carbons (Fsp3) is 0.250. The van der Waals surface area contributed by atoms with E-state index in [0.717, 1.165) is 11.4 Å². The number of carbonyl (C=O) groups is 1. The van der Waals surface area contributed by atoms with E-state index >= 15 is 0 Å². The molecule has 4 rings (SSSR count). The summed E-state index contributed by atoms with van der Waals surface area (Å²) in [5.74, 6) is 0.321. The molecule has 0 saturated carbocycles. The number of hydrogen-bond acceptors (Lipinski definition) is 7. The maximum absolute atomic E-state index is 12.3. The largest absolute Gasteiger partial charge is 0.462 e. The van der Waals surface area contributed by atoms with Crippen molar-refractivity contribution in [2.75, 3.05) is 12.3 Å². The van der Waals surface area contributed by atoms with Crippen molar-refractivity contribution in [3.05, 3.63) is 52.4 Å². The van der Waals surface area contributed by atoms with Gasteiger partial charge >= 0.3 is 5.97 Å². The van der Waals surface area contributed by atoms with E-state index in [1.165, 1.54) is 10.9 Å². The Hall–Kier alpha value is -3.46. The molecule has 154 valence electrons. The number of nitrogens with two attached hydrogens (primary N) is 1. The van der Waals surface area contributed by atoms with Crippen molar-refractivity contribution in [3.8, 4) is 11.6 Å². The Bertz CT molecular complexity index is 1260. The second-order valence-corrected chi connectivity index (χ2v) is 7.27. The quantitative estimate of drug-likeness (QED) is 0.487. The minimum atomic E-state index is -0.537. The summed E-state index contributed by atoms with van der Waals surface area (Å²) >= 11 is 6.13. The molecule has 0 saturated heterocycles. The summed E-state index contributed by atoms with van der Waals surface area (Å²) in [4.78, 5) is 21.7. The summed E-state index contributed by atoms with van der Waals surface area (Å²) in [5.41, 5.74) is 9.30. The Morgan fingerprint density at radius 2 is 1.87 bits per heavy atom. The Kier molecular flexibility index (Phi) is 5.13. The number of nitrogens with zero attached hydrogens (tertiary/aromatic N) is 6. The fourth-order valence-electron chi connectivity index (χ4n) is 3.09. The number of ether oxygens (including phenoxy) is 1. The smallest absolute Gasteiger partial charge is 0.343 e. The van der Waals surface area contributed by atoms with Crippen LogP contribution in [0.25, 0.3) is 22.7 Å². The zero-order chi connectivity index (χ0) is 21.4. The molecule has 10 heteroatoms. The highest BCUT2D eigenvalue weighted by Crippen LogP contribution is 2.26. The van der Waals surface area contributed by atoms with Crippen molar-refractivity contribution in [1.29, 1.82) is 0 Å². The van der Waals surface area contributed by atoms with Crippen LogP contribution in [-0.4, -0.2) is 42.1 Å². The summed E-state index contributed by atoms with van der Waals surface area (Å²) in [6.07, 6.45) is 2.07. The molecule has 1 aromatic carbocycles. The van der Waals surface area contributed by atoms with E-state index in [-0.39, 0.29) is 11.4 Å². The average molecular weight is 426 g/mol. The number of hydrogen-bond donors (Lipinski definition) is 1. The number of fused-ring (bicyclic) bond motifs is 1. The van der Waals surface area contributed by atoms with Crippen LogP contribution in [0.4, 0.5) is 5.82 Å². The van der Waals surface area contributed by atoms with Crippen LogP contribution in [0, 0.1) is 13.8 Å². The lowest BCUT2D eigenvalue weighted by molar-refractivity contribution is 0.0506. The molecule has 0 aliphatic rings. The molecule has 0 amide bonds. The Morgan fingerprint density at radius 3 is 2.57 bits per heavy atom. The van der Waals surface area contributed by atoms with Gasteiger partial charge in [-0.1, -0.05) is 18.5 Å². The molecule has 3 aromatic heterocycles. The van der Waals surface area contributed by atoms with E-state index in [2.05, 4.69) is 15.2 Å². The minimum Gasteiger partial charge on any atom is -0.462 e. The van der Waals surface area contributed by atoms with Gasteiger partial charge in [0.15, 0.2) is 5.82 Å². The second kappa shape index (κ2) is 7.75. The minimum absolute atomic E-state index is 0.106. The lowest BCUT2D eigenvalue weighted by Crippen LogP contribution is -2.14. The molecule has 4 aromatic rings. The number of esters is 1. The van der Waals surface area contributed by atoms with E-state index < -0.39 is 5.97 Å². The van der Waals surface area contributed by atoms with E-state index in [9.17, 15) is 4.79 Å². The Morgan fingerprint density at radius 1 is 1.13 bits per heavy atom. The highest BCUT2D eigenvalue weighted by molar-refractivity contribution is 6.31. The topological polar surface area (TPSA) is 114 Å². The fourth-order valence-corrected chi connectivity index (χ4v) is 3.26. The van der Waals surface area contributed by atoms with Crippen molar-refractivity contribution in [2.45, 2.75) is 27.2 Å². The lowest BCUT2D eigenvalue weighted by atomic mass is 10.3. The van der Waals surface area contributed by atoms with Gasteiger partial charge in [0.05, 0.1) is 29.5 Å². The number of carbonyl (C=O) groups excluding carboxylic acids is 1. The van der Waals surface area contributed by atoms with Gasteiger partial charge < -0.3 is 10.5 Å². The number of nitrogen functional groups attached to an aromatic ring is 1. The molecule has 0 bridgehead atoms. The first-order valence-corrected chi connectivity index (χ1v) is 9.78. The lowest BCUT2D eigenvalue weighted by Gasteiger charge is -2.12. The molecule has 30 heavy (non-hydrogen) atoms. The first kappa shape index (κ1) is 19.8. The first-order valence-electron chi connectivity index (χ1n) is 9.41. The van der Waals surface area contributed by atoms with E-state index in [0.29, 0.717) is 40.7 Å². The third-order valence-electron chi connectivity index (χ3n) is 4.46. The molecule has 0 radical (unpaired) electrons. The third kappa shape index (κ3) is 3.48. The number of anilines is 1. The van der Waals surface area contributed by atoms with Gasteiger partial charge in [-0.25, -0.2) is 19.4 Å². The van der Waals surface area contributed by atoms with Crippen LogP contribution in [0.3, 0.4) is 0 Å². The summed E-state index contributed by atoms with van der Waals surface area (Å²) in [6, 6.07) is 7.16. The van der Waals surface area contributed by atoms with Crippen LogP contribution in [0.1, 0.15) is 35.1 Å². The molecule has 2 N–H and O–H groups in total. The number of rotatable bonds is 5. The van der Waals surface area contributed by atoms with Crippen LogP contribution in [0.15, 0.2) is 30.5 Å². The van der Waals surface area contributed by atoms with Gasteiger partial charge in [-0.05, 0) is 44.5 Å². The molecule has 0 unspecified atom stereocenters. The zero-order valence-electron chi connectivity index (χ0n) is 16.8. The molecule has 0 aliphatic heterocycles. The van der Waals surface area contributed by atoms with Crippen LogP contribution in [-0.2, 0) is 4.74 Å². The van der Waals surface area contributed by atoms with Gasteiger partial charge in [-0.3, -0.25) is 0 Å². The van der Waals surface area contributed by atoms with Crippen molar-refractivity contribution >= 4 is 34.4 Å². The standard InChI is InChI=1S/C20H20ClN7O2/c1-4-7-30-20(29)14-10-23-28(17(14)22)19-18(27-12(3)8-11(2)26-27)24-15-6-5-13(21)9-16(15)25-19/h5-6,8-10H,4,7,22H2,1-3H3. The molecule has 0 atom stereocenters. The second-order valence-electron chi connectivity index (χ2n) is 6.83. The van der Waals surface area contributed by atoms with Gasteiger partial charge in [0.2, 0.25) is 5.82 Å². The van der Waals surface area contributed by atoms with Gasteiger partial charge in [0, 0.05) is 10.7 Å². The SMILES string of the molecule is CCCOC(=O)c1cnn(-c2nc3cc(Cl)ccc3nc2-n2nc(C)cc2C)c1N. The first-order chi connectivity index (χ1) is 14.4. The monoisotopic (exact) mass is 425 g/mol. The van der Waals surface area contributed by atoms with Crippen molar-refractivity contribution in [2.24, 2.45) is 0 Å². The zero-order valence-corrected chi connectivity index (χ0v) is 17.5. The number of halogens is 1. The van der Waals surface area contributed by atoms with E-state index in [4.69, 9.17) is 27.1 Å². The van der Waals surface area contributed by atoms with Crippen molar-refractivity contribution < 1.29 is 9.53 Å². The normalized spacial score (nSPS) is 11.2. The van der Waals surface area contributed by atoms with Gasteiger partial charge in [0.25, 0.3) is 0 Å². The molecule has 3 heterocycles. The molecule has 0 fully saturated rings. The molecule has 0 spiro atoms. The summed E-state index contributed by atoms with van der Waals surface area (Å²) < 4.78 is 8.22. The number of aromatic nitrogens is 6. The maximum Gasteiger partial charge on any atom is 0.343 e.